The van der Waals surface area contributed by atoms with Gasteiger partial charge in [0.05, 0.1) is 18.7 Å². The molecule has 0 saturated heterocycles. The molecule has 0 spiro atoms. The molecule has 0 aliphatic heterocycles. The Hall–Kier alpha value is -4.45. The van der Waals surface area contributed by atoms with E-state index in [2.05, 4.69) is 15.5 Å². The molecule has 5 aromatic rings. The van der Waals surface area contributed by atoms with Gasteiger partial charge in [-0.05, 0) is 53.6 Å². The van der Waals surface area contributed by atoms with Gasteiger partial charge in [0.2, 0.25) is 5.91 Å². The van der Waals surface area contributed by atoms with Crippen LogP contribution in [0.4, 0.5) is 5.69 Å². The van der Waals surface area contributed by atoms with Gasteiger partial charge >= 0.3 is 0 Å². The zero-order valence-corrected chi connectivity index (χ0v) is 18.1. The van der Waals surface area contributed by atoms with E-state index in [1.165, 1.54) is 0 Å². The predicted molar refractivity (Wildman–Crippen MR) is 129 cm³/mol. The summed E-state index contributed by atoms with van der Waals surface area (Å²) in [5.74, 6) is 0.249. The number of carbonyl (C=O) groups excluding carboxylic acids is 1. The molecule has 1 amide bonds. The second-order valence-electron chi connectivity index (χ2n) is 7.63. The van der Waals surface area contributed by atoms with Gasteiger partial charge < -0.3 is 10.1 Å². The molecular formula is C27H22N4O2. The molecule has 0 aliphatic carbocycles. The number of nitrogens with one attached hydrogen (secondary N) is 1. The van der Waals surface area contributed by atoms with Gasteiger partial charge in [0, 0.05) is 5.69 Å². The van der Waals surface area contributed by atoms with Gasteiger partial charge in [0.15, 0.2) is 0 Å². The van der Waals surface area contributed by atoms with Crippen LogP contribution < -0.4 is 10.1 Å². The van der Waals surface area contributed by atoms with Gasteiger partial charge in [0.25, 0.3) is 0 Å². The monoisotopic (exact) mass is 434 g/mol. The Morgan fingerprint density at radius 1 is 0.788 bits per heavy atom. The number of fused-ring (bicyclic) bond motifs is 1. The topological polar surface area (TPSA) is 69.0 Å². The van der Waals surface area contributed by atoms with Crippen LogP contribution in [0.25, 0.3) is 16.7 Å². The summed E-state index contributed by atoms with van der Waals surface area (Å²) in [5, 5.41) is 12.2. The van der Waals surface area contributed by atoms with E-state index in [-0.39, 0.29) is 5.91 Å². The van der Waals surface area contributed by atoms with Crippen LogP contribution in [0.1, 0.15) is 17.0 Å². The SMILES string of the molecule is COc1ccc(-n2nc3ccc(NC(=O)C(c4ccccc4)c4ccccc4)cc3n2)cc1. The maximum atomic E-state index is 13.4. The number of aromatic nitrogens is 3. The Balaban J connectivity index is 1.43. The number of methoxy groups -OCH3 is 1. The molecule has 6 nitrogen and oxygen atoms in total. The summed E-state index contributed by atoms with van der Waals surface area (Å²) in [6.07, 6.45) is 0. The fourth-order valence-electron chi connectivity index (χ4n) is 3.82. The lowest BCUT2D eigenvalue weighted by molar-refractivity contribution is -0.116. The predicted octanol–water partition coefficient (Wildman–Crippen LogP) is 5.20. The first kappa shape index (κ1) is 20.5. The quantitative estimate of drug-likeness (QED) is 0.399. The standard InChI is InChI=1S/C27H22N4O2/c1-33-23-15-13-22(14-16-23)31-29-24-17-12-21(18-25(24)30-31)28-27(32)26(19-8-4-2-5-9-19)20-10-6-3-7-11-20/h2-18,26H,1H3,(H,28,32). The Labute approximate surface area is 191 Å². The van der Waals surface area contributed by atoms with Gasteiger partial charge in [0.1, 0.15) is 16.8 Å². The highest BCUT2D eigenvalue weighted by Gasteiger charge is 2.22. The summed E-state index contributed by atoms with van der Waals surface area (Å²) < 4.78 is 5.21. The minimum Gasteiger partial charge on any atom is -0.497 e. The summed E-state index contributed by atoms with van der Waals surface area (Å²) in [5.41, 5.74) is 4.81. The van der Waals surface area contributed by atoms with Crippen molar-refractivity contribution in [2.75, 3.05) is 12.4 Å². The summed E-state index contributed by atoms with van der Waals surface area (Å²) in [4.78, 5) is 14.9. The number of benzene rings is 4. The highest BCUT2D eigenvalue weighted by molar-refractivity contribution is 5.99. The Kier molecular flexibility index (Phi) is 5.55. The third-order valence-electron chi connectivity index (χ3n) is 5.48. The highest BCUT2D eigenvalue weighted by Crippen LogP contribution is 2.27. The van der Waals surface area contributed by atoms with Crippen LogP contribution >= 0.6 is 0 Å². The lowest BCUT2D eigenvalue weighted by atomic mass is 9.90. The second kappa shape index (κ2) is 8.96. The van der Waals surface area contributed by atoms with Crippen molar-refractivity contribution in [1.82, 2.24) is 15.0 Å². The molecule has 1 N–H and O–H groups in total. The maximum Gasteiger partial charge on any atom is 0.236 e. The molecule has 1 heterocycles. The summed E-state index contributed by atoms with van der Waals surface area (Å²) in [6, 6.07) is 32.6. The van der Waals surface area contributed by atoms with Gasteiger partial charge in [-0.25, -0.2) is 0 Å². The minimum absolute atomic E-state index is 0.103. The zero-order chi connectivity index (χ0) is 22.6. The van der Waals surface area contributed by atoms with Crippen molar-refractivity contribution < 1.29 is 9.53 Å². The first-order chi connectivity index (χ1) is 16.2. The number of hydrogen-bond donors (Lipinski definition) is 1. The van der Waals surface area contributed by atoms with E-state index in [9.17, 15) is 4.79 Å². The molecular weight excluding hydrogens is 412 g/mol. The molecule has 0 radical (unpaired) electrons. The van der Waals surface area contributed by atoms with E-state index in [1.807, 2.05) is 103 Å². The third-order valence-corrected chi connectivity index (χ3v) is 5.48. The van der Waals surface area contributed by atoms with Gasteiger partial charge in [-0.15, -0.1) is 10.2 Å². The van der Waals surface area contributed by atoms with Gasteiger partial charge in [-0.2, -0.15) is 4.80 Å². The summed E-state index contributed by atoms with van der Waals surface area (Å²) in [7, 11) is 1.63. The maximum absolute atomic E-state index is 13.4. The molecule has 0 bridgehead atoms. The number of nitrogens with zero attached hydrogens (tertiary/aromatic N) is 3. The molecule has 0 unspecified atom stereocenters. The van der Waals surface area contributed by atoms with Crippen LogP contribution in [0.5, 0.6) is 5.75 Å². The first-order valence-corrected chi connectivity index (χ1v) is 10.6. The summed E-state index contributed by atoms with van der Waals surface area (Å²) in [6.45, 7) is 0. The van der Waals surface area contributed by atoms with E-state index in [0.717, 1.165) is 28.1 Å². The van der Waals surface area contributed by atoms with E-state index in [0.29, 0.717) is 11.2 Å². The zero-order valence-electron chi connectivity index (χ0n) is 18.1. The molecule has 0 aliphatic rings. The number of hydrogen-bond acceptors (Lipinski definition) is 4. The minimum atomic E-state index is -0.418. The molecule has 0 atom stereocenters. The average Bonchev–Trinajstić information content (AvgIpc) is 3.29. The Morgan fingerprint density at radius 3 is 2.00 bits per heavy atom. The van der Waals surface area contributed by atoms with E-state index in [4.69, 9.17) is 4.74 Å². The number of carbonyl (C=O) groups is 1. The van der Waals surface area contributed by atoms with Crippen LogP contribution in [-0.2, 0) is 4.79 Å². The van der Waals surface area contributed by atoms with E-state index in [1.54, 1.807) is 11.9 Å². The number of ether oxygens (including phenoxy) is 1. The fourth-order valence-corrected chi connectivity index (χ4v) is 3.82. The Bertz CT molecular complexity index is 1340. The van der Waals surface area contributed by atoms with Crippen molar-refractivity contribution in [2.24, 2.45) is 0 Å². The van der Waals surface area contributed by atoms with E-state index >= 15 is 0 Å². The molecule has 5 rings (SSSR count). The molecule has 1 aromatic heterocycles. The van der Waals surface area contributed by atoms with Crippen LogP contribution in [-0.4, -0.2) is 28.0 Å². The summed E-state index contributed by atoms with van der Waals surface area (Å²) >= 11 is 0. The molecule has 33 heavy (non-hydrogen) atoms. The molecule has 162 valence electrons. The van der Waals surface area contributed by atoms with Crippen LogP contribution in [0.3, 0.4) is 0 Å². The molecule has 0 fully saturated rings. The van der Waals surface area contributed by atoms with Crippen LogP contribution in [0.15, 0.2) is 103 Å². The van der Waals surface area contributed by atoms with Crippen molar-refractivity contribution >= 4 is 22.6 Å². The van der Waals surface area contributed by atoms with E-state index < -0.39 is 5.92 Å². The number of amides is 1. The smallest absolute Gasteiger partial charge is 0.236 e. The lowest BCUT2D eigenvalue weighted by Gasteiger charge is -2.18. The fraction of sp³-hybridized carbons (Fsp3) is 0.0741. The Morgan fingerprint density at radius 2 is 1.39 bits per heavy atom. The first-order valence-electron chi connectivity index (χ1n) is 10.6. The normalized spacial score (nSPS) is 11.0. The van der Waals surface area contributed by atoms with Crippen molar-refractivity contribution in [3.63, 3.8) is 0 Å². The average molecular weight is 434 g/mol. The number of rotatable bonds is 6. The van der Waals surface area contributed by atoms with Gasteiger partial charge in [-0.1, -0.05) is 60.7 Å². The van der Waals surface area contributed by atoms with Crippen molar-refractivity contribution in [3.8, 4) is 11.4 Å². The third kappa shape index (κ3) is 4.32. The largest absolute Gasteiger partial charge is 0.497 e. The second-order valence-corrected chi connectivity index (χ2v) is 7.63. The number of anilines is 1. The van der Waals surface area contributed by atoms with Crippen molar-refractivity contribution in [1.29, 1.82) is 0 Å². The van der Waals surface area contributed by atoms with Crippen molar-refractivity contribution in [3.05, 3.63) is 114 Å². The van der Waals surface area contributed by atoms with Crippen LogP contribution in [0, 0.1) is 0 Å². The van der Waals surface area contributed by atoms with Crippen LogP contribution in [0.2, 0.25) is 0 Å². The molecule has 6 heteroatoms. The lowest BCUT2D eigenvalue weighted by Crippen LogP contribution is -2.22. The molecule has 4 aromatic carbocycles. The highest BCUT2D eigenvalue weighted by atomic mass is 16.5. The van der Waals surface area contributed by atoms with Gasteiger partial charge in [-0.3, -0.25) is 4.79 Å². The molecule has 0 saturated carbocycles. The van der Waals surface area contributed by atoms with Crippen molar-refractivity contribution in [2.45, 2.75) is 5.92 Å².